The Labute approximate surface area is 141 Å². The molecule has 0 amide bonds. The van der Waals surface area contributed by atoms with Gasteiger partial charge in [-0.15, -0.1) is 0 Å². The lowest BCUT2D eigenvalue weighted by molar-refractivity contribution is -0.386. The van der Waals surface area contributed by atoms with Crippen LogP contribution >= 0.6 is 39.1 Å². The molecule has 2 rings (SSSR count). The number of nitrogens with two attached hydrogens (primary N) is 1. The molecule has 116 valence electrons. The summed E-state index contributed by atoms with van der Waals surface area (Å²) in [5.74, 6) is -0.164. The summed E-state index contributed by atoms with van der Waals surface area (Å²) in [5, 5.41) is 20.8. The standard InChI is InChI=1S/C5H2BrClN2O2.C5H4ClN3O2/c6-5-3(9(10)11)1-2-4(7)8-5;6-4-2-1-3(9(10)11)5(7)8-4/h1-2H;1-2H,(H2,7,8). The van der Waals surface area contributed by atoms with E-state index in [1.807, 2.05) is 0 Å². The molecule has 0 radical (unpaired) electrons. The molecule has 2 aromatic heterocycles. The molecular weight excluding hydrogens is 405 g/mol. The molecular formula is C10H6BrCl2N5O4. The van der Waals surface area contributed by atoms with Gasteiger partial charge < -0.3 is 5.73 Å². The predicted octanol–water partition coefficient (Wildman–Crippen LogP) is 3.63. The first-order valence-electron chi connectivity index (χ1n) is 5.25. The fraction of sp³-hybridized carbons (Fsp3) is 0. The number of aromatic nitrogens is 2. The number of nitrogen functional groups attached to an aromatic ring is 1. The highest BCUT2D eigenvalue weighted by molar-refractivity contribution is 9.10. The summed E-state index contributed by atoms with van der Waals surface area (Å²) < 4.78 is 0.148. The smallest absolute Gasteiger partial charge is 0.311 e. The molecule has 0 spiro atoms. The molecule has 2 aromatic rings. The van der Waals surface area contributed by atoms with E-state index in [0.717, 1.165) is 0 Å². The van der Waals surface area contributed by atoms with E-state index in [-0.39, 0.29) is 32.1 Å². The lowest BCUT2D eigenvalue weighted by Crippen LogP contribution is -1.97. The van der Waals surface area contributed by atoms with Gasteiger partial charge in [-0.05, 0) is 28.1 Å². The quantitative estimate of drug-likeness (QED) is 0.452. The van der Waals surface area contributed by atoms with E-state index in [0.29, 0.717) is 0 Å². The van der Waals surface area contributed by atoms with E-state index < -0.39 is 9.85 Å². The number of hydrogen-bond acceptors (Lipinski definition) is 7. The molecule has 0 aromatic carbocycles. The van der Waals surface area contributed by atoms with E-state index in [1.54, 1.807) is 0 Å². The lowest BCUT2D eigenvalue weighted by atomic mass is 10.4. The zero-order valence-electron chi connectivity index (χ0n) is 10.4. The van der Waals surface area contributed by atoms with Gasteiger partial charge in [0.2, 0.25) is 5.82 Å². The van der Waals surface area contributed by atoms with Crippen molar-refractivity contribution in [3.8, 4) is 0 Å². The number of anilines is 1. The minimum atomic E-state index is -0.612. The first kappa shape index (κ1) is 18.0. The highest BCUT2D eigenvalue weighted by Gasteiger charge is 2.12. The molecule has 0 atom stereocenters. The number of nitrogens with zero attached hydrogens (tertiary/aromatic N) is 4. The third kappa shape index (κ3) is 5.06. The van der Waals surface area contributed by atoms with Crippen LogP contribution in [0.3, 0.4) is 0 Å². The number of rotatable bonds is 2. The van der Waals surface area contributed by atoms with Crippen LogP contribution in [0, 0.1) is 20.2 Å². The molecule has 0 saturated carbocycles. The summed E-state index contributed by atoms with van der Waals surface area (Å²) in [5.41, 5.74) is 4.87. The van der Waals surface area contributed by atoms with Crippen molar-refractivity contribution >= 4 is 56.3 Å². The van der Waals surface area contributed by atoms with E-state index in [1.165, 1.54) is 24.3 Å². The Morgan fingerprint density at radius 3 is 1.82 bits per heavy atom. The molecule has 0 bridgehead atoms. The SMILES string of the molecule is Nc1nc(Cl)ccc1[N+](=O)[O-].O=[N+]([O-])c1ccc(Cl)nc1Br. The Hall–Kier alpha value is -2.04. The maximum absolute atomic E-state index is 10.2. The predicted molar refractivity (Wildman–Crippen MR) is 83.9 cm³/mol. The molecule has 2 N–H and O–H groups in total. The van der Waals surface area contributed by atoms with Crippen molar-refractivity contribution in [3.63, 3.8) is 0 Å². The van der Waals surface area contributed by atoms with Gasteiger partial charge in [0, 0.05) is 12.1 Å². The number of halogens is 3. The summed E-state index contributed by atoms with van der Waals surface area (Å²) in [6.07, 6.45) is 0. The van der Waals surface area contributed by atoms with Crippen molar-refractivity contribution in [3.05, 3.63) is 59.4 Å². The van der Waals surface area contributed by atoms with Gasteiger partial charge in [-0.1, -0.05) is 23.2 Å². The van der Waals surface area contributed by atoms with Gasteiger partial charge in [-0.2, -0.15) is 0 Å². The first-order chi connectivity index (χ1) is 10.2. The molecule has 0 fully saturated rings. The van der Waals surface area contributed by atoms with E-state index in [2.05, 4.69) is 25.9 Å². The summed E-state index contributed by atoms with van der Waals surface area (Å²) in [7, 11) is 0. The fourth-order valence-corrected chi connectivity index (χ4v) is 2.01. The van der Waals surface area contributed by atoms with Crippen molar-refractivity contribution in [1.82, 2.24) is 9.97 Å². The Balaban J connectivity index is 0.000000220. The zero-order chi connectivity index (χ0) is 16.9. The summed E-state index contributed by atoms with van der Waals surface area (Å²) >= 11 is 13.8. The monoisotopic (exact) mass is 409 g/mol. The van der Waals surface area contributed by atoms with Gasteiger partial charge in [0.1, 0.15) is 10.3 Å². The molecule has 0 aliphatic carbocycles. The van der Waals surface area contributed by atoms with Crippen LogP contribution in [0.2, 0.25) is 10.3 Å². The highest BCUT2D eigenvalue weighted by atomic mass is 79.9. The molecule has 2 heterocycles. The van der Waals surface area contributed by atoms with Crippen LogP contribution < -0.4 is 5.73 Å². The van der Waals surface area contributed by atoms with E-state index in [4.69, 9.17) is 28.9 Å². The topological polar surface area (TPSA) is 138 Å². The van der Waals surface area contributed by atoms with Gasteiger partial charge in [0.05, 0.1) is 9.85 Å². The van der Waals surface area contributed by atoms with Crippen LogP contribution in [0.1, 0.15) is 0 Å². The van der Waals surface area contributed by atoms with Crippen LogP contribution in [-0.2, 0) is 0 Å². The van der Waals surface area contributed by atoms with E-state index >= 15 is 0 Å². The molecule has 0 aliphatic heterocycles. The highest BCUT2D eigenvalue weighted by Crippen LogP contribution is 2.23. The fourth-order valence-electron chi connectivity index (χ4n) is 1.14. The number of hydrogen-bond donors (Lipinski definition) is 1. The summed E-state index contributed by atoms with van der Waals surface area (Å²) in [6, 6.07) is 5.19. The van der Waals surface area contributed by atoms with Gasteiger partial charge in [-0.3, -0.25) is 20.2 Å². The Kier molecular flexibility index (Phi) is 6.40. The van der Waals surface area contributed by atoms with Gasteiger partial charge in [0.15, 0.2) is 4.60 Å². The van der Waals surface area contributed by atoms with Crippen molar-refractivity contribution in [1.29, 1.82) is 0 Å². The first-order valence-corrected chi connectivity index (χ1v) is 6.80. The third-order valence-corrected chi connectivity index (χ3v) is 3.06. The summed E-state index contributed by atoms with van der Waals surface area (Å²) in [4.78, 5) is 26.4. The minimum Gasteiger partial charge on any atom is -0.378 e. The average Bonchev–Trinajstić information content (AvgIpc) is 2.38. The second kappa shape index (κ2) is 7.82. The van der Waals surface area contributed by atoms with E-state index in [9.17, 15) is 20.2 Å². The van der Waals surface area contributed by atoms with Crippen molar-refractivity contribution in [2.24, 2.45) is 0 Å². The van der Waals surface area contributed by atoms with Gasteiger partial charge in [-0.25, -0.2) is 9.97 Å². The number of nitro groups is 2. The zero-order valence-corrected chi connectivity index (χ0v) is 13.5. The van der Waals surface area contributed by atoms with Crippen molar-refractivity contribution in [2.45, 2.75) is 0 Å². The largest absolute Gasteiger partial charge is 0.378 e. The maximum Gasteiger partial charge on any atom is 0.311 e. The second-order valence-corrected chi connectivity index (χ2v) is 5.02. The Morgan fingerprint density at radius 1 is 0.955 bits per heavy atom. The van der Waals surface area contributed by atoms with Gasteiger partial charge in [0.25, 0.3) is 0 Å². The van der Waals surface area contributed by atoms with Crippen LogP contribution in [0.25, 0.3) is 0 Å². The second-order valence-electron chi connectivity index (χ2n) is 3.50. The van der Waals surface area contributed by atoms with Gasteiger partial charge >= 0.3 is 11.4 Å². The molecule has 0 saturated heterocycles. The normalized spacial score (nSPS) is 9.59. The average molecular weight is 411 g/mol. The molecule has 9 nitrogen and oxygen atoms in total. The van der Waals surface area contributed by atoms with Crippen molar-refractivity contribution in [2.75, 3.05) is 5.73 Å². The molecule has 22 heavy (non-hydrogen) atoms. The van der Waals surface area contributed by atoms with Crippen LogP contribution in [-0.4, -0.2) is 19.8 Å². The van der Waals surface area contributed by atoms with Crippen LogP contribution in [0.4, 0.5) is 17.2 Å². The molecule has 0 aliphatic rings. The minimum absolute atomic E-state index is 0.0885. The van der Waals surface area contributed by atoms with Crippen molar-refractivity contribution < 1.29 is 9.85 Å². The van der Waals surface area contributed by atoms with Crippen LogP contribution in [0.15, 0.2) is 28.9 Å². The Bertz CT molecular complexity index is 669. The maximum atomic E-state index is 10.2. The number of pyridine rings is 2. The summed E-state index contributed by atoms with van der Waals surface area (Å²) in [6.45, 7) is 0. The third-order valence-electron chi connectivity index (χ3n) is 2.06. The molecule has 12 heteroatoms. The molecule has 0 unspecified atom stereocenters. The Morgan fingerprint density at radius 2 is 1.41 bits per heavy atom. The van der Waals surface area contributed by atoms with Crippen LogP contribution in [0.5, 0.6) is 0 Å². The lowest BCUT2D eigenvalue weighted by Gasteiger charge is -1.94.